The predicted molar refractivity (Wildman–Crippen MR) is 64.4 cm³/mol. The lowest BCUT2D eigenvalue weighted by Crippen LogP contribution is -2.32. The van der Waals surface area contributed by atoms with Crippen LogP contribution >= 0.6 is 0 Å². The van der Waals surface area contributed by atoms with Gasteiger partial charge in [-0.3, -0.25) is 4.79 Å². The molecule has 0 saturated heterocycles. The van der Waals surface area contributed by atoms with E-state index in [1.807, 2.05) is 0 Å². The number of carbonyl (C=O) groups excluding carboxylic acids is 1. The van der Waals surface area contributed by atoms with Crippen molar-refractivity contribution in [2.24, 2.45) is 0 Å². The highest BCUT2D eigenvalue weighted by Gasteiger charge is 2.24. The van der Waals surface area contributed by atoms with Crippen molar-refractivity contribution in [1.29, 1.82) is 0 Å². The number of nitrogens with one attached hydrogen (secondary N) is 1. The van der Waals surface area contributed by atoms with Gasteiger partial charge in [-0.1, -0.05) is 0 Å². The zero-order valence-corrected chi connectivity index (χ0v) is 10.4. The van der Waals surface area contributed by atoms with E-state index in [0.29, 0.717) is 11.3 Å². The lowest BCUT2D eigenvalue weighted by Gasteiger charge is -2.00. The summed E-state index contributed by atoms with van der Waals surface area (Å²) in [5.41, 5.74) is 0.610. The van der Waals surface area contributed by atoms with Gasteiger partial charge in [0.1, 0.15) is 12.3 Å². The zero-order valence-electron chi connectivity index (χ0n) is 10.4. The molecule has 2 aromatic rings. The molecular weight excluding hydrogens is 250 g/mol. The normalized spacial score (nSPS) is 14.6. The van der Waals surface area contributed by atoms with Gasteiger partial charge in [0.05, 0.1) is 11.8 Å². The lowest BCUT2D eigenvalue weighted by atomic mass is 10.3. The molecule has 1 N–H and O–H groups in total. The average molecular weight is 263 g/mol. The van der Waals surface area contributed by atoms with Gasteiger partial charge in [-0.25, -0.2) is 4.79 Å². The molecule has 7 heteroatoms. The van der Waals surface area contributed by atoms with Crippen molar-refractivity contribution in [2.75, 3.05) is 0 Å². The number of amides is 1. The summed E-state index contributed by atoms with van der Waals surface area (Å²) >= 11 is 0. The number of nitrogens with zero attached hydrogens (tertiary/aromatic N) is 2. The van der Waals surface area contributed by atoms with Crippen LogP contribution in [0.2, 0.25) is 0 Å². The van der Waals surface area contributed by atoms with Crippen molar-refractivity contribution in [2.45, 2.75) is 32.4 Å². The highest BCUT2D eigenvalue weighted by Crippen LogP contribution is 2.21. The molecule has 1 saturated carbocycles. The number of hydrogen-bond acceptors (Lipinski definition) is 5. The average Bonchev–Trinajstić information content (AvgIpc) is 2.94. The van der Waals surface area contributed by atoms with Gasteiger partial charge >= 0.3 is 5.76 Å². The lowest BCUT2D eigenvalue weighted by molar-refractivity contribution is -0.122. The molecule has 0 unspecified atom stereocenters. The Morgan fingerprint density at radius 1 is 1.58 bits per heavy atom. The number of hydrogen-bond donors (Lipinski definition) is 1. The molecule has 1 amide bonds. The van der Waals surface area contributed by atoms with E-state index < -0.39 is 5.76 Å². The number of carbonyl (C=O) groups is 1. The molecule has 2 aromatic heterocycles. The Kier molecular flexibility index (Phi) is 2.73. The monoisotopic (exact) mass is 263 g/mol. The van der Waals surface area contributed by atoms with E-state index in [-0.39, 0.29) is 24.4 Å². The van der Waals surface area contributed by atoms with Crippen LogP contribution in [0, 0.1) is 6.92 Å². The fourth-order valence-corrected chi connectivity index (χ4v) is 1.76. The number of aryl methyl sites for hydroxylation is 1. The van der Waals surface area contributed by atoms with Crippen LogP contribution in [0.3, 0.4) is 0 Å². The van der Waals surface area contributed by atoms with E-state index in [2.05, 4.69) is 10.4 Å². The largest absolute Gasteiger partial charge is 0.469 e. The van der Waals surface area contributed by atoms with E-state index in [1.54, 1.807) is 13.0 Å². The number of furan rings is 1. The smallest absolute Gasteiger partial charge is 0.437 e. The molecule has 7 nitrogen and oxygen atoms in total. The summed E-state index contributed by atoms with van der Waals surface area (Å²) in [6.45, 7) is 1.61. The Morgan fingerprint density at radius 3 is 3.00 bits per heavy atom. The van der Waals surface area contributed by atoms with E-state index in [1.165, 1.54) is 6.26 Å². The minimum Gasteiger partial charge on any atom is -0.469 e. The first-order valence-electron chi connectivity index (χ1n) is 6.05. The van der Waals surface area contributed by atoms with Crippen LogP contribution < -0.4 is 11.1 Å². The Hall–Kier alpha value is -2.31. The van der Waals surface area contributed by atoms with Crippen LogP contribution in [0.1, 0.15) is 18.6 Å². The van der Waals surface area contributed by atoms with Gasteiger partial charge in [-0.15, -0.1) is 5.10 Å². The zero-order chi connectivity index (χ0) is 13.4. The first-order valence-corrected chi connectivity index (χ1v) is 6.05. The quantitative estimate of drug-likeness (QED) is 0.876. The SMILES string of the molecule is Cc1occc1-c1nn(CC(=O)NC2CC2)c(=O)o1. The molecule has 1 aliphatic carbocycles. The van der Waals surface area contributed by atoms with Crippen molar-refractivity contribution < 1.29 is 13.6 Å². The summed E-state index contributed by atoms with van der Waals surface area (Å²) < 4.78 is 11.2. The Morgan fingerprint density at radius 2 is 2.37 bits per heavy atom. The van der Waals surface area contributed by atoms with Crippen LogP contribution in [-0.2, 0) is 11.3 Å². The molecular formula is C12H13N3O4. The summed E-state index contributed by atoms with van der Waals surface area (Å²) in [5, 5.41) is 6.78. The molecule has 0 radical (unpaired) electrons. The maximum atomic E-state index is 11.6. The van der Waals surface area contributed by atoms with Gasteiger partial charge < -0.3 is 14.2 Å². The highest BCUT2D eigenvalue weighted by atomic mass is 16.4. The molecule has 0 atom stereocenters. The van der Waals surface area contributed by atoms with Crippen LogP contribution in [0.4, 0.5) is 0 Å². The predicted octanol–water partition coefficient (Wildman–Crippen LogP) is 0.683. The first kappa shape index (κ1) is 11.8. The Labute approximate surface area is 108 Å². The standard InChI is InChI=1S/C12H13N3O4/c1-7-9(4-5-18-7)11-14-15(12(17)19-11)6-10(16)13-8-2-3-8/h4-5,8H,2-3,6H2,1H3,(H,13,16). The van der Waals surface area contributed by atoms with E-state index >= 15 is 0 Å². The molecule has 0 spiro atoms. The summed E-state index contributed by atoms with van der Waals surface area (Å²) in [6.07, 6.45) is 3.49. The minimum absolute atomic E-state index is 0.129. The summed E-state index contributed by atoms with van der Waals surface area (Å²) in [6, 6.07) is 1.92. The fraction of sp³-hybridized carbons (Fsp3) is 0.417. The summed E-state index contributed by atoms with van der Waals surface area (Å²) in [4.78, 5) is 23.2. The summed E-state index contributed by atoms with van der Waals surface area (Å²) in [5.74, 6) is -0.110. The van der Waals surface area contributed by atoms with Gasteiger partial charge in [0.25, 0.3) is 5.89 Å². The van der Waals surface area contributed by atoms with E-state index in [0.717, 1.165) is 17.5 Å². The van der Waals surface area contributed by atoms with Gasteiger partial charge in [0, 0.05) is 6.04 Å². The van der Waals surface area contributed by atoms with Gasteiger partial charge in [-0.2, -0.15) is 4.68 Å². The van der Waals surface area contributed by atoms with E-state index in [9.17, 15) is 9.59 Å². The van der Waals surface area contributed by atoms with Crippen molar-refractivity contribution in [3.63, 3.8) is 0 Å². The van der Waals surface area contributed by atoms with Crippen LogP contribution in [0.25, 0.3) is 11.5 Å². The molecule has 0 aliphatic heterocycles. The van der Waals surface area contributed by atoms with Crippen molar-refractivity contribution >= 4 is 5.91 Å². The van der Waals surface area contributed by atoms with Gasteiger partial charge in [0.2, 0.25) is 5.91 Å². The van der Waals surface area contributed by atoms with Crippen molar-refractivity contribution in [3.8, 4) is 11.5 Å². The molecule has 2 heterocycles. The third-order valence-corrected chi connectivity index (χ3v) is 2.93. The first-order chi connectivity index (χ1) is 9.13. The molecule has 0 bridgehead atoms. The second-order valence-electron chi connectivity index (χ2n) is 4.56. The molecule has 1 fully saturated rings. The molecule has 19 heavy (non-hydrogen) atoms. The molecule has 100 valence electrons. The maximum absolute atomic E-state index is 11.6. The van der Waals surface area contributed by atoms with E-state index in [4.69, 9.17) is 8.83 Å². The van der Waals surface area contributed by atoms with Crippen LogP contribution in [-0.4, -0.2) is 21.7 Å². The number of rotatable bonds is 4. The van der Waals surface area contributed by atoms with Crippen molar-refractivity contribution in [1.82, 2.24) is 15.1 Å². The van der Waals surface area contributed by atoms with Crippen LogP contribution in [0.15, 0.2) is 26.0 Å². The third kappa shape index (κ3) is 2.44. The van der Waals surface area contributed by atoms with Crippen LogP contribution in [0.5, 0.6) is 0 Å². The topological polar surface area (TPSA) is 90.3 Å². The summed E-state index contributed by atoms with van der Waals surface area (Å²) in [7, 11) is 0. The molecule has 3 rings (SSSR count). The fourth-order valence-electron chi connectivity index (χ4n) is 1.76. The third-order valence-electron chi connectivity index (χ3n) is 2.93. The second-order valence-corrected chi connectivity index (χ2v) is 4.56. The molecule has 0 aromatic carbocycles. The van der Waals surface area contributed by atoms with Crippen molar-refractivity contribution in [3.05, 3.63) is 28.6 Å². The highest BCUT2D eigenvalue weighted by molar-refractivity contribution is 5.76. The number of aromatic nitrogens is 2. The molecule has 1 aliphatic rings. The van der Waals surface area contributed by atoms with Gasteiger partial charge in [0.15, 0.2) is 0 Å². The minimum atomic E-state index is -0.651. The second kappa shape index (κ2) is 4.42. The Bertz CT molecular complexity index is 663. The maximum Gasteiger partial charge on any atom is 0.437 e. The Balaban J connectivity index is 1.79. The van der Waals surface area contributed by atoms with Gasteiger partial charge in [-0.05, 0) is 25.8 Å².